The molecule has 0 saturated carbocycles. The van der Waals surface area contributed by atoms with Crippen LogP contribution < -0.4 is 10.3 Å². The maximum atomic E-state index is 12.3. The summed E-state index contributed by atoms with van der Waals surface area (Å²) < 4.78 is 6.88. The van der Waals surface area contributed by atoms with Gasteiger partial charge in [-0.25, -0.2) is 0 Å². The molecule has 0 unspecified atom stereocenters. The van der Waals surface area contributed by atoms with Crippen molar-refractivity contribution in [2.24, 2.45) is 0 Å². The van der Waals surface area contributed by atoms with E-state index in [0.29, 0.717) is 33.1 Å². The van der Waals surface area contributed by atoms with Gasteiger partial charge in [-0.1, -0.05) is 59.6 Å². The standard InChI is InChI=1S/C18H12Cl2N4O2/c19-13-7-4-8-14(16(13)20)26-10-12-9-15(25)24-18(21-12)22-17(23-24)11-5-2-1-3-6-11/h1-9H,10H2,(H,21,22,23). The number of aromatic amines is 1. The molecule has 0 amide bonds. The van der Waals surface area contributed by atoms with Crippen molar-refractivity contribution in [1.82, 2.24) is 19.6 Å². The summed E-state index contributed by atoms with van der Waals surface area (Å²) in [6, 6.07) is 16.0. The minimum atomic E-state index is -0.302. The first-order valence-corrected chi connectivity index (χ1v) is 8.48. The summed E-state index contributed by atoms with van der Waals surface area (Å²) in [5, 5.41) is 4.98. The smallest absolute Gasteiger partial charge is 0.276 e. The van der Waals surface area contributed by atoms with E-state index in [9.17, 15) is 4.79 Å². The molecule has 2 heterocycles. The average Bonchev–Trinajstić information content (AvgIpc) is 3.08. The fourth-order valence-electron chi connectivity index (χ4n) is 2.47. The van der Waals surface area contributed by atoms with Gasteiger partial charge in [0.1, 0.15) is 17.4 Å². The number of hydrogen-bond donors (Lipinski definition) is 1. The van der Waals surface area contributed by atoms with Crippen LogP contribution in [0.15, 0.2) is 59.4 Å². The van der Waals surface area contributed by atoms with Crippen molar-refractivity contribution in [1.29, 1.82) is 0 Å². The van der Waals surface area contributed by atoms with E-state index in [1.165, 1.54) is 10.6 Å². The summed E-state index contributed by atoms with van der Waals surface area (Å²) in [7, 11) is 0. The van der Waals surface area contributed by atoms with Crippen molar-refractivity contribution in [3.8, 4) is 17.1 Å². The Balaban J connectivity index is 1.65. The van der Waals surface area contributed by atoms with Gasteiger partial charge in [0.05, 0.1) is 10.7 Å². The molecule has 2 aromatic heterocycles. The van der Waals surface area contributed by atoms with E-state index in [1.807, 2.05) is 30.3 Å². The monoisotopic (exact) mass is 386 g/mol. The molecule has 1 N–H and O–H groups in total. The highest BCUT2D eigenvalue weighted by Crippen LogP contribution is 2.31. The zero-order valence-electron chi connectivity index (χ0n) is 13.3. The highest BCUT2D eigenvalue weighted by Gasteiger charge is 2.11. The Bertz CT molecular complexity index is 1140. The van der Waals surface area contributed by atoms with Crippen molar-refractivity contribution in [2.75, 3.05) is 0 Å². The number of ether oxygens (including phenoxy) is 1. The van der Waals surface area contributed by atoms with Gasteiger partial charge >= 0.3 is 0 Å². The fraction of sp³-hybridized carbons (Fsp3) is 0.0556. The molecule has 8 heteroatoms. The van der Waals surface area contributed by atoms with Gasteiger partial charge in [-0.15, -0.1) is 5.10 Å². The van der Waals surface area contributed by atoms with Gasteiger partial charge in [0, 0.05) is 11.6 Å². The number of aromatic nitrogens is 4. The molecule has 0 atom stereocenters. The van der Waals surface area contributed by atoms with Crippen molar-refractivity contribution < 1.29 is 4.74 Å². The minimum Gasteiger partial charge on any atom is -0.486 e. The maximum Gasteiger partial charge on any atom is 0.276 e. The highest BCUT2D eigenvalue weighted by atomic mass is 35.5. The molecule has 0 saturated heterocycles. The van der Waals surface area contributed by atoms with Gasteiger partial charge in [-0.2, -0.15) is 9.50 Å². The lowest BCUT2D eigenvalue weighted by molar-refractivity contribution is 0.301. The molecule has 0 fully saturated rings. The number of H-pyrrole nitrogens is 1. The molecule has 0 bridgehead atoms. The summed E-state index contributed by atoms with van der Waals surface area (Å²) in [4.78, 5) is 19.7. The highest BCUT2D eigenvalue weighted by molar-refractivity contribution is 6.42. The second-order valence-electron chi connectivity index (χ2n) is 5.51. The molecule has 26 heavy (non-hydrogen) atoms. The first-order chi connectivity index (χ1) is 12.6. The summed E-state index contributed by atoms with van der Waals surface area (Å²) >= 11 is 12.1. The van der Waals surface area contributed by atoms with Crippen LogP contribution in [0.4, 0.5) is 0 Å². The lowest BCUT2D eigenvalue weighted by atomic mass is 10.2. The second-order valence-corrected chi connectivity index (χ2v) is 6.30. The molecule has 0 aliphatic rings. The van der Waals surface area contributed by atoms with E-state index in [1.54, 1.807) is 18.2 Å². The Morgan fingerprint density at radius 2 is 1.88 bits per heavy atom. The van der Waals surface area contributed by atoms with E-state index in [2.05, 4.69) is 15.1 Å². The first-order valence-electron chi connectivity index (χ1n) is 7.73. The lowest BCUT2D eigenvalue weighted by Gasteiger charge is -2.08. The zero-order valence-corrected chi connectivity index (χ0v) is 14.8. The fourth-order valence-corrected chi connectivity index (χ4v) is 2.82. The van der Waals surface area contributed by atoms with Crippen molar-refractivity contribution >= 4 is 29.0 Å². The van der Waals surface area contributed by atoms with Gasteiger partial charge < -0.3 is 9.72 Å². The van der Waals surface area contributed by atoms with E-state index in [0.717, 1.165) is 5.56 Å². The number of nitrogens with one attached hydrogen (secondary N) is 1. The molecule has 2 aromatic carbocycles. The molecule has 0 aliphatic heterocycles. The summed E-state index contributed by atoms with van der Waals surface area (Å²) in [5.41, 5.74) is 1.07. The Kier molecular flexibility index (Phi) is 4.36. The third kappa shape index (κ3) is 3.16. The summed E-state index contributed by atoms with van der Waals surface area (Å²) in [6.45, 7) is 0.110. The van der Waals surface area contributed by atoms with Gasteiger partial charge in [0.2, 0.25) is 5.78 Å². The van der Waals surface area contributed by atoms with Crippen LogP contribution in [0.2, 0.25) is 10.0 Å². The molecule has 4 aromatic rings. The third-order valence-corrected chi connectivity index (χ3v) is 4.52. The van der Waals surface area contributed by atoms with Crippen molar-refractivity contribution in [2.45, 2.75) is 6.61 Å². The number of hydrogen-bond acceptors (Lipinski definition) is 4. The molecule has 0 radical (unpaired) electrons. The van der Waals surface area contributed by atoms with E-state index in [-0.39, 0.29) is 12.2 Å². The van der Waals surface area contributed by atoms with Gasteiger partial charge in [0.25, 0.3) is 5.56 Å². The number of halogens is 2. The average molecular weight is 387 g/mol. The van der Waals surface area contributed by atoms with Gasteiger partial charge in [-0.3, -0.25) is 4.79 Å². The molecule has 130 valence electrons. The Morgan fingerprint density at radius 1 is 1.08 bits per heavy atom. The third-order valence-electron chi connectivity index (χ3n) is 3.72. The molecular weight excluding hydrogens is 375 g/mol. The summed E-state index contributed by atoms with van der Waals surface area (Å²) in [5.74, 6) is 1.24. The first kappa shape index (κ1) is 16.6. The molecule has 0 aliphatic carbocycles. The van der Waals surface area contributed by atoms with Crippen LogP contribution in [0.5, 0.6) is 5.75 Å². The van der Waals surface area contributed by atoms with Crippen LogP contribution in [-0.4, -0.2) is 19.6 Å². The Labute approximate surface area is 158 Å². The van der Waals surface area contributed by atoms with Crippen molar-refractivity contribution in [3.63, 3.8) is 0 Å². The summed E-state index contributed by atoms with van der Waals surface area (Å²) in [6.07, 6.45) is 0. The molecule has 0 spiro atoms. The van der Waals surface area contributed by atoms with Crippen LogP contribution in [0, 0.1) is 0 Å². The predicted molar refractivity (Wildman–Crippen MR) is 99.8 cm³/mol. The van der Waals surface area contributed by atoms with E-state index in [4.69, 9.17) is 27.9 Å². The molecule has 4 rings (SSSR count). The zero-order chi connectivity index (χ0) is 18.1. The van der Waals surface area contributed by atoms with Crippen molar-refractivity contribution in [3.05, 3.63) is 80.7 Å². The number of benzene rings is 2. The van der Waals surface area contributed by atoms with Crippen LogP contribution in [0.25, 0.3) is 17.2 Å². The van der Waals surface area contributed by atoms with Gasteiger partial charge in [0.15, 0.2) is 5.82 Å². The van der Waals surface area contributed by atoms with Crippen LogP contribution in [0.3, 0.4) is 0 Å². The SMILES string of the molecule is O=c1cc(COc2cccc(Cl)c2Cl)[nH]c2nc(-c3ccccc3)nn12. The minimum absolute atomic E-state index is 0.110. The van der Waals surface area contributed by atoms with E-state index < -0.39 is 0 Å². The van der Waals surface area contributed by atoms with E-state index >= 15 is 0 Å². The van der Waals surface area contributed by atoms with Crippen LogP contribution in [-0.2, 0) is 6.61 Å². The topological polar surface area (TPSA) is 72.3 Å². The predicted octanol–water partition coefficient (Wildman–Crippen LogP) is 3.97. The maximum absolute atomic E-state index is 12.3. The van der Waals surface area contributed by atoms with Gasteiger partial charge in [-0.05, 0) is 12.1 Å². The number of fused-ring (bicyclic) bond motifs is 1. The molecule has 6 nitrogen and oxygen atoms in total. The Hall–Kier alpha value is -2.83. The quantitative estimate of drug-likeness (QED) is 0.575. The van der Waals surface area contributed by atoms with Crippen LogP contribution >= 0.6 is 23.2 Å². The second kappa shape index (κ2) is 6.82. The largest absolute Gasteiger partial charge is 0.486 e. The molecular formula is C18H12Cl2N4O2. The lowest BCUT2D eigenvalue weighted by Crippen LogP contribution is -2.16. The Morgan fingerprint density at radius 3 is 2.69 bits per heavy atom. The number of rotatable bonds is 4. The normalized spacial score (nSPS) is 11.0. The number of nitrogens with zero attached hydrogens (tertiary/aromatic N) is 3. The van der Waals surface area contributed by atoms with Crippen LogP contribution in [0.1, 0.15) is 5.69 Å².